The zero-order valence-electron chi connectivity index (χ0n) is 22.8. The van der Waals surface area contributed by atoms with Gasteiger partial charge in [-0.05, 0) is 104 Å². The number of ether oxygens (including phenoxy) is 1. The zero-order chi connectivity index (χ0) is 24.0. The zero-order valence-corrected chi connectivity index (χ0v) is 22.8. The minimum atomic E-state index is -0.115. The number of carbonyl (C=O) groups excluding carboxylic acids is 1. The Morgan fingerprint density at radius 2 is 1.82 bits per heavy atom. The molecule has 0 saturated heterocycles. The van der Waals surface area contributed by atoms with E-state index in [1.807, 2.05) is 0 Å². The van der Waals surface area contributed by atoms with Crippen molar-refractivity contribution in [3.05, 3.63) is 11.6 Å². The van der Waals surface area contributed by atoms with Crippen molar-refractivity contribution in [1.82, 2.24) is 0 Å². The van der Waals surface area contributed by atoms with Gasteiger partial charge in [0.05, 0.1) is 0 Å². The monoisotopic (exact) mass is 456 g/mol. The molecule has 3 fully saturated rings. The normalized spacial score (nSPS) is 42.1. The minimum absolute atomic E-state index is 0.113. The molecule has 2 nitrogen and oxygen atoms in total. The molecular weight excluding hydrogens is 404 g/mol. The first-order valence-corrected chi connectivity index (χ1v) is 14.5. The molecule has 0 aromatic heterocycles. The molecule has 9 atom stereocenters. The predicted octanol–water partition coefficient (Wildman–Crippen LogP) is 8.60. The highest BCUT2D eigenvalue weighted by Gasteiger charge is 2.59. The molecule has 0 heterocycles. The summed E-state index contributed by atoms with van der Waals surface area (Å²) in [6.45, 7) is 16.6. The number of esters is 1. The molecule has 0 bridgehead atoms. The van der Waals surface area contributed by atoms with Crippen LogP contribution in [0.5, 0.6) is 0 Å². The van der Waals surface area contributed by atoms with E-state index in [1.54, 1.807) is 12.5 Å². The number of allylic oxidation sites excluding steroid dienone is 1. The fourth-order valence-electron chi connectivity index (χ4n) is 9.63. The molecule has 0 unspecified atom stereocenters. The first-order chi connectivity index (χ1) is 15.6. The number of fused-ring (bicyclic) bond motifs is 5. The third kappa shape index (κ3) is 4.58. The van der Waals surface area contributed by atoms with Crippen molar-refractivity contribution in [3.8, 4) is 0 Å². The summed E-state index contributed by atoms with van der Waals surface area (Å²) in [5, 5.41) is 0. The van der Waals surface area contributed by atoms with Crippen molar-refractivity contribution < 1.29 is 9.53 Å². The Labute approximate surface area is 204 Å². The van der Waals surface area contributed by atoms with Crippen LogP contribution in [0.25, 0.3) is 0 Å². The summed E-state index contributed by atoms with van der Waals surface area (Å²) in [5.74, 6) is 6.03. The van der Waals surface area contributed by atoms with Crippen LogP contribution in [0, 0.1) is 52.3 Å². The number of hydrogen-bond acceptors (Lipinski definition) is 2. The Hall–Kier alpha value is -0.790. The smallest absolute Gasteiger partial charge is 0.302 e. The quantitative estimate of drug-likeness (QED) is 0.283. The molecular formula is C31H52O2. The summed E-state index contributed by atoms with van der Waals surface area (Å²) in [6, 6.07) is 0. The van der Waals surface area contributed by atoms with Gasteiger partial charge in [-0.1, -0.05) is 66.0 Å². The van der Waals surface area contributed by atoms with Crippen molar-refractivity contribution in [2.24, 2.45) is 52.3 Å². The SMILES string of the molecule is CC[C@H](CC[C@@H](C)[C@@H]1CC[C@@H]2[C@H]3CC=C4C[C@@H](OC(C)=O)CC[C@]4(C)[C@H]3CC[C@@]21C)C(C)C. The Morgan fingerprint density at radius 3 is 2.48 bits per heavy atom. The van der Waals surface area contributed by atoms with E-state index in [9.17, 15) is 4.79 Å². The van der Waals surface area contributed by atoms with Crippen LogP contribution < -0.4 is 0 Å². The van der Waals surface area contributed by atoms with Crippen molar-refractivity contribution in [2.45, 2.75) is 125 Å². The van der Waals surface area contributed by atoms with Gasteiger partial charge in [0.15, 0.2) is 0 Å². The molecule has 0 N–H and O–H groups in total. The third-order valence-electron chi connectivity index (χ3n) is 11.6. The van der Waals surface area contributed by atoms with Crippen molar-refractivity contribution in [2.75, 3.05) is 0 Å². The topological polar surface area (TPSA) is 26.3 Å². The molecule has 2 heteroatoms. The molecule has 4 rings (SSSR count). The van der Waals surface area contributed by atoms with Gasteiger partial charge in [-0.2, -0.15) is 0 Å². The number of carbonyl (C=O) groups is 1. The maximum Gasteiger partial charge on any atom is 0.302 e. The number of hydrogen-bond donors (Lipinski definition) is 0. The van der Waals surface area contributed by atoms with E-state index in [0.717, 1.165) is 54.3 Å². The summed E-state index contributed by atoms with van der Waals surface area (Å²) < 4.78 is 5.63. The molecule has 0 aromatic carbocycles. The van der Waals surface area contributed by atoms with Crippen molar-refractivity contribution in [1.29, 1.82) is 0 Å². The van der Waals surface area contributed by atoms with E-state index in [2.05, 4.69) is 47.6 Å². The van der Waals surface area contributed by atoms with Crippen LogP contribution in [-0.2, 0) is 9.53 Å². The summed E-state index contributed by atoms with van der Waals surface area (Å²) >= 11 is 0. The molecule has 0 amide bonds. The second-order valence-electron chi connectivity index (χ2n) is 13.4. The lowest BCUT2D eigenvalue weighted by Gasteiger charge is -2.58. The van der Waals surface area contributed by atoms with E-state index in [0.29, 0.717) is 10.8 Å². The third-order valence-corrected chi connectivity index (χ3v) is 11.6. The van der Waals surface area contributed by atoms with Gasteiger partial charge >= 0.3 is 5.97 Å². The first-order valence-electron chi connectivity index (χ1n) is 14.5. The Morgan fingerprint density at radius 1 is 1.06 bits per heavy atom. The molecule has 4 aliphatic rings. The van der Waals surface area contributed by atoms with Gasteiger partial charge in [-0.25, -0.2) is 0 Å². The van der Waals surface area contributed by atoms with E-state index < -0.39 is 0 Å². The Balaban J connectivity index is 1.46. The highest BCUT2D eigenvalue weighted by Crippen LogP contribution is 2.67. The number of rotatable bonds is 7. The second kappa shape index (κ2) is 9.69. The largest absolute Gasteiger partial charge is 0.462 e. The average Bonchev–Trinajstić information content (AvgIpc) is 3.11. The van der Waals surface area contributed by atoms with Crippen LogP contribution in [0.2, 0.25) is 0 Å². The van der Waals surface area contributed by atoms with E-state index in [-0.39, 0.29) is 12.1 Å². The fraction of sp³-hybridized carbons (Fsp3) is 0.903. The minimum Gasteiger partial charge on any atom is -0.462 e. The fourth-order valence-corrected chi connectivity index (χ4v) is 9.63. The van der Waals surface area contributed by atoms with Gasteiger partial charge in [0.1, 0.15) is 6.10 Å². The van der Waals surface area contributed by atoms with E-state index >= 15 is 0 Å². The lowest BCUT2D eigenvalue weighted by Crippen LogP contribution is -2.51. The first kappa shape index (κ1) is 25.3. The molecule has 0 aliphatic heterocycles. The Bertz CT molecular complexity index is 737. The van der Waals surface area contributed by atoms with Crippen LogP contribution in [0.4, 0.5) is 0 Å². The van der Waals surface area contributed by atoms with Gasteiger partial charge in [-0.3, -0.25) is 4.79 Å². The van der Waals surface area contributed by atoms with Gasteiger partial charge in [-0.15, -0.1) is 0 Å². The van der Waals surface area contributed by atoms with Crippen molar-refractivity contribution >= 4 is 5.97 Å². The molecule has 0 radical (unpaired) electrons. The molecule has 0 aromatic rings. The maximum atomic E-state index is 11.5. The second-order valence-corrected chi connectivity index (χ2v) is 13.4. The molecule has 188 valence electrons. The standard InChI is InChI=1S/C31H52O2/c1-8-23(20(2)3)10-9-21(4)27-13-14-28-26-12-11-24-19-25(33-22(5)32)15-17-30(24,6)29(26)16-18-31(27,28)7/h11,20-21,23,25-29H,8-10,12-19H2,1-7H3/t21-,23-,25+,26-,27+,28-,29+,30+,31-/m1/s1. The van der Waals surface area contributed by atoms with Crippen LogP contribution in [-0.4, -0.2) is 12.1 Å². The summed E-state index contributed by atoms with van der Waals surface area (Å²) in [6.07, 6.45) is 17.2. The van der Waals surface area contributed by atoms with Crippen LogP contribution >= 0.6 is 0 Å². The lowest BCUT2D eigenvalue weighted by molar-refractivity contribution is -0.148. The lowest BCUT2D eigenvalue weighted by atomic mass is 9.47. The summed E-state index contributed by atoms with van der Waals surface area (Å²) in [7, 11) is 0. The molecule has 3 saturated carbocycles. The van der Waals surface area contributed by atoms with Crippen molar-refractivity contribution in [3.63, 3.8) is 0 Å². The van der Waals surface area contributed by atoms with Crippen LogP contribution in [0.1, 0.15) is 119 Å². The highest BCUT2D eigenvalue weighted by molar-refractivity contribution is 5.66. The van der Waals surface area contributed by atoms with Gasteiger partial charge in [0.25, 0.3) is 0 Å². The van der Waals surface area contributed by atoms with E-state index in [4.69, 9.17) is 4.74 Å². The highest BCUT2D eigenvalue weighted by atomic mass is 16.5. The van der Waals surface area contributed by atoms with Gasteiger partial charge in [0, 0.05) is 13.3 Å². The Kier molecular flexibility index (Phi) is 7.43. The molecule has 4 aliphatic carbocycles. The summed E-state index contributed by atoms with van der Waals surface area (Å²) in [5.41, 5.74) is 2.51. The average molecular weight is 457 g/mol. The van der Waals surface area contributed by atoms with Gasteiger partial charge < -0.3 is 4.74 Å². The predicted molar refractivity (Wildman–Crippen MR) is 138 cm³/mol. The molecule has 0 spiro atoms. The van der Waals surface area contributed by atoms with E-state index in [1.165, 1.54) is 57.8 Å². The molecule has 33 heavy (non-hydrogen) atoms. The van der Waals surface area contributed by atoms with Crippen LogP contribution in [0.3, 0.4) is 0 Å². The van der Waals surface area contributed by atoms with Crippen LogP contribution in [0.15, 0.2) is 11.6 Å². The van der Waals surface area contributed by atoms with Gasteiger partial charge in [0.2, 0.25) is 0 Å². The summed E-state index contributed by atoms with van der Waals surface area (Å²) in [4.78, 5) is 11.5. The maximum absolute atomic E-state index is 11.5.